The molecule has 0 saturated heterocycles. The Morgan fingerprint density at radius 1 is 1.37 bits per heavy atom. The summed E-state index contributed by atoms with van der Waals surface area (Å²) in [6.45, 7) is 0.376. The number of hydrogen-bond donors (Lipinski definition) is 0. The summed E-state index contributed by atoms with van der Waals surface area (Å²) in [6.07, 6.45) is 4.54. The van der Waals surface area contributed by atoms with Crippen molar-refractivity contribution in [3.63, 3.8) is 0 Å². The third-order valence-electron chi connectivity index (χ3n) is 3.34. The van der Waals surface area contributed by atoms with Gasteiger partial charge in [-0.1, -0.05) is 25.3 Å². The van der Waals surface area contributed by atoms with Crippen LogP contribution in [-0.2, 0) is 13.8 Å². The molecule has 0 heterocycles. The summed E-state index contributed by atoms with van der Waals surface area (Å²) in [5.41, 5.74) is 0.204. The summed E-state index contributed by atoms with van der Waals surface area (Å²) in [4.78, 5) is 11.7. The van der Waals surface area contributed by atoms with Gasteiger partial charge in [0.15, 0.2) is 0 Å². The molecule has 0 aliphatic heterocycles. The molecule has 0 aromatic heterocycles. The van der Waals surface area contributed by atoms with Crippen LogP contribution in [0.15, 0.2) is 29.2 Å². The molecule has 4 nitrogen and oxygen atoms in total. The maximum atomic E-state index is 11.8. The molecule has 0 radical (unpaired) electrons. The maximum Gasteiger partial charge on any atom is 0.338 e. The van der Waals surface area contributed by atoms with E-state index in [2.05, 4.69) is 0 Å². The second-order valence-electron chi connectivity index (χ2n) is 4.69. The van der Waals surface area contributed by atoms with Gasteiger partial charge in [-0.25, -0.2) is 13.2 Å². The van der Waals surface area contributed by atoms with E-state index in [1.54, 1.807) is 0 Å². The van der Waals surface area contributed by atoms with Crippen LogP contribution in [0.4, 0.5) is 0 Å². The third kappa shape index (κ3) is 3.94. The molecule has 2 rings (SSSR count). The predicted molar refractivity (Wildman–Crippen MR) is 71.7 cm³/mol. The molecule has 0 atom stereocenters. The van der Waals surface area contributed by atoms with Crippen LogP contribution in [0.25, 0.3) is 0 Å². The van der Waals surface area contributed by atoms with E-state index < -0.39 is 15.0 Å². The molecule has 0 N–H and O–H groups in total. The molecule has 1 aromatic rings. The number of esters is 1. The molecular weight excluding hydrogens is 288 g/mol. The highest BCUT2D eigenvalue weighted by atomic mass is 35.7. The van der Waals surface area contributed by atoms with Crippen molar-refractivity contribution in [2.45, 2.75) is 30.6 Å². The fraction of sp³-hybridized carbons (Fsp3) is 0.462. The minimum atomic E-state index is -3.82. The lowest BCUT2D eigenvalue weighted by molar-refractivity contribution is 0.0464. The number of carbonyl (C=O) groups is 1. The van der Waals surface area contributed by atoms with Crippen molar-refractivity contribution in [1.29, 1.82) is 0 Å². The first kappa shape index (κ1) is 14.3. The molecule has 1 aliphatic rings. The van der Waals surface area contributed by atoms with Crippen LogP contribution in [0.1, 0.15) is 36.0 Å². The molecular formula is C13H15ClO4S. The molecule has 1 aromatic carbocycles. The molecule has 104 valence electrons. The van der Waals surface area contributed by atoms with Crippen LogP contribution in [0.2, 0.25) is 0 Å². The average Bonchev–Trinajstić information content (AvgIpc) is 2.31. The number of carbonyl (C=O) groups excluding carboxylic acids is 1. The van der Waals surface area contributed by atoms with E-state index in [4.69, 9.17) is 15.4 Å². The van der Waals surface area contributed by atoms with Gasteiger partial charge in [0.05, 0.1) is 17.1 Å². The minimum absolute atomic E-state index is 0.0948. The van der Waals surface area contributed by atoms with Crippen molar-refractivity contribution >= 4 is 25.7 Å². The van der Waals surface area contributed by atoms with Crippen molar-refractivity contribution in [3.05, 3.63) is 29.8 Å². The van der Waals surface area contributed by atoms with Crippen LogP contribution >= 0.6 is 10.7 Å². The highest BCUT2D eigenvalue weighted by Crippen LogP contribution is 2.29. The molecule has 1 aliphatic carbocycles. The normalized spacial score (nSPS) is 15.8. The van der Waals surface area contributed by atoms with Crippen molar-refractivity contribution in [1.82, 2.24) is 0 Å². The standard InChI is InChI=1S/C13H15ClO4S/c14-19(16,17)12-6-2-5-11(9-12)13(15)18-8-7-10-3-1-4-10/h2,5-6,9-10H,1,3-4,7-8H2. The van der Waals surface area contributed by atoms with Crippen LogP contribution in [0.3, 0.4) is 0 Å². The largest absolute Gasteiger partial charge is 0.462 e. The zero-order chi connectivity index (χ0) is 13.9. The second-order valence-corrected chi connectivity index (χ2v) is 7.25. The zero-order valence-corrected chi connectivity index (χ0v) is 11.9. The second kappa shape index (κ2) is 5.92. The van der Waals surface area contributed by atoms with E-state index in [0.29, 0.717) is 12.5 Å². The van der Waals surface area contributed by atoms with Crippen LogP contribution in [0.5, 0.6) is 0 Å². The fourth-order valence-corrected chi connectivity index (χ4v) is 2.75. The Balaban J connectivity index is 1.94. The molecule has 0 unspecified atom stereocenters. The molecule has 0 amide bonds. The molecule has 0 bridgehead atoms. The number of benzene rings is 1. The minimum Gasteiger partial charge on any atom is -0.462 e. The van der Waals surface area contributed by atoms with Crippen LogP contribution in [-0.4, -0.2) is 21.0 Å². The van der Waals surface area contributed by atoms with Gasteiger partial charge in [0.25, 0.3) is 9.05 Å². The van der Waals surface area contributed by atoms with Crippen molar-refractivity contribution in [3.8, 4) is 0 Å². The van der Waals surface area contributed by atoms with Gasteiger partial charge < -0.3 is 4.74 Å². The number of hydrogen-bond acceptors (Lipinski definition) is 4. The van der Waals surface area contributed by atoms with Crippen LogP contribution in [0, 0.1) is 5.92 Å². The lowest BCUT2D eigenvalue weighted by Gasteiger charge is -2.24. The van der Waals surface area contributed by atoms with E-state index in [0.717, 1.165) is 6.42 Å². The average molecular weight is 303 g/mol. The summed E-state index contributed by atoms with van der Waals surface area (Å²) in [7, 11) is 1.40. The molecule has 6 heteroatoms. The van der Waals surface area contributed by atoms with Crippen molar-refractivity contribution < 1.29 is 17.9 Å². The van der Waals surface area contributed by atoms with E-state index in [9.17, 15) is 13.2 Å². The van der Waals surface area contributed by atoms with Crippen molar-refractivity contribution in [2.75, 3.05) is 6.61 Å². The molecule has 1 fully saturated rings. The topological polar surface area (TPSA) is 60.4 Å². The van der Waals surface area contributed by atoms with Gasteiger partial charge in [-0.15, -0.1) is 0 Å². The first-order valence-electron chi connectivity index (χ1n) is 6.18. The highest BCUT2D eigenvalue weighted by Gasteiger charge is 2.18. The highest BCUT2D eigenvalue weighted by molar-refractivity contribution is 8.13. The van der Waals surface area contributed by atoms with E-state index in [1.807, 2.05) is 0 Å². The summed E-state index contributed by atoms with van der Waals surface area (Å²) in [5, 5.41) is 0. The Morgan fingerprint density at radius 3 is 2.68 bits per heavy atom. The Bertz CT molecular complexity index is 564. The Hall–Kier alpha value is -1.07. The van der Waals surface area contributed by atoms with Gasteiger partial charge in [0.2, 0.25) is 0 Å². The SMILES string of the molecule is O=C(OCCC1CCC1)c1cccc(S(=O)(=O)Cl)c1. The van der Waals surface area contributed by atoms with Gasteiger partial charge in [-0.05, 0) is 30.5 Å². The van der Waals surface area contributed by atoms with E-state index >= 15 is 0 Å². The first-order valence-corrected chi connectivity index (χ1v) is 8.49. The Labute approximate surface area is 117 Å². The number of halogens is 1. The smallest absolute Gasteiger partial charge is 0.338 e. The number of rotatable bonds is 5. The summed E-state index contributed by atoms with van der Waals surface area (Å²) in [5.74, 6) is 0.156. The van der Waals surface area contributed by atoms with Gasteiger partial charge in [0, 0.05) is 10.7 Å². The fourth-order valence-electron chi connectivity index (χ4n) is 1.96. The van der Waals surface area contributed by atoms with Crippen molar-refractivity contribution in [2.24, 2.45) is 5.92 Å². The van der Waals surface area contributed by atoms with E-state index in [1.165, 1.54) is 43.5 Å². The monoisotopic (exact) mass is 302 g/mol. The lowest BCUT2D eigenvalue weighted by Crippen LogP contribution is -2.15. The maximum absolute atomic E-state index is 11.8. The Morgan fingerprint density at radius 2 is 2.11 bits per heavy atom. The zero-order valence-electron chi connectivity index (χ0n) is 10.3. The Kier molecular flexibility index (Phi) is 4.47. The lowest BCUT2D eigenvalue weighted by atomic mass is 9.83. The van der Waals surface area contributed by atoms with Crippen LogP contribution < -0.4 is 0 Å². The summed E-state index contributed by atoms with van der Waals surface area (Å²) in [6, 6.07) is 5.55. The quantitative estimate of drug-likeness (QED) is 0.620. The molecule has 0 spiro atoms. The number of ether oxygens (including phenoxy) is 1. The summed E-state index contributed by atoms with van der Waals surface area (Å²) < 4.78 is 27.5. The van der Waals surface area contributed by atoms with E-state index in [-0.39, 0.29) is 10.5 Å². The predicted octanol–water partition coefficient (Wildman–Crippen LogP) is 2.96. The third-order valence-corrected chi connectivity index (χ3v) is 4.69. The molecule has 1 saturated carbocycles. The van der Waals surface area contributed by atoms with Gasteiger partial charge in [-0.2, -0.15) is 0 Å². The van der Waals surface area contributed by atoms with Gasteiger partial charge in [-0.3, -0.25) is 0 Å². The first-order chi connectivity index (χ1) is 8.97. The van der Waals surface area contributed by atoms with Gasteiger partial charge in [0.1, 0.15) is 0 Å². The summed E-state index contributed by atoms with van der Waals surface area (Å²) >= 11 is 0. The van der Waals surface area contributed by atoms with Gasteiger partial charge >= 0.3 is 5.97 Å². The molecule has 19 heavy (non-hydrogen) atoms.